The molecular weight excluding hydrogens is 473 g/mol. The van der Waals surface area contributed by atoms with Crippen LogP contribution in [-0.2, 0) is 6.54 Å². The van der Waals surface area contributed by atoms with Crippen molar-refractivity contribution >= 4 is 29.9 Å². The summed E-state index contributed by atoms with van der Waals surface area (Å²) in [6.45, 7) is 4.24. The number of fused-ring (bicyclic) bond motifs is 2. The maximum absolute atomic E-state index is 4.47. The minimum Gasteiger partial charge on any atom is -0.356 e. The van der Waals surface area contributed by atoms with Crippen LogP contribution in [0.4, 0.5) is 0 Å². The number of nitrogens with one attached hydrogen (secondary N) is 2. The fourth-order valence-electron chi connectivity index (χ4n) is 4.77. The van der Waals surface area contributed by atoms with Gasteiger partial charge < -0.3 is 15.5 Å². The molecule has 2 heterocycles. The molecule has 2 aliphatic heterocycles. The molecule has 0 spiro atoms. The first-order valence-corrected chi connectivity index (χ1v) is 11.0. The lowest BCUT2D eigenvalue weighted by Gasteiger charge is -2.47. The monoisotopic (exact) mass is 513 g/mol. The van der Waals surface area contributed by atoms with Gasteiger partial charge in [-0.15, -0.1) is 24.0 Å². The van der Waals surface area contributed by atoms with Crippen molar-refractivity contribution in [1.82, 2.24) is 20.4 Å². The van der Waals surface area contributed by atoms with Crippen molar-refractivity contribution in [1.29, 1.82) is 0 Å². The van der Waals surface area contributed by atoms with Crippen molar-refractivity contribution < 1.29 is 0 Å². The average Bonchev–Trinajstić information content (AvgIpc) is 2.68. The highest BCUT2D eigenvalue weighted by Gasteiger charge is 2.36. The van der Waals surface area contributed by atoms with Gasteiger partial charge in [-0.2, -0.15) is 0 Å². The van der Waals surface area contributed by atoms with E-state index in [0.29, 0.717) is 12.1 Å². The van der Waals surface area contributed by atoms with E-state index in [-0.39, 0.29) is 24.0 Å². The third-order valence-electron chi connectivity index (χ3n) is 6.79. The third-order valence-corrected chi connectivity index (χ3v) is 6.79. The SMILES string of the molecule is CN=C(NCCC(C)N(C)Cc1ccccc1)NC1CC2CCCC(C1)N2C.I. The van der Waals surface area contributed by atoms with Crippen LogP contribution in [0, 0.1) is 0 Å². The standard InChI is InChI=1S/C23H39N5.HI/c1-18(27(3)17-19-9-6-5-7-10-19)13-14-25-23(24-2)26-20-15-21-11-8-12-22(16-20)28(21)4;/h5-7,9-10,18,20-22H,8,11-17H2,1-4H3,(H2,24,25,26);1H. The van der Waals surface area contributed by atoms with Crippen LogP contribution in [0.2, 0.25) is 0 Å². The van der Waals surface area contributed by atoms with E-state index in [0.717, 1.165) is 37.6 Å². The van der Waals surface area contributed by atoms with E-state index in [1.165, 1.54) is 37.7 Å². The third kappa shape index (κ3) is 7.10. The molecule has 2 saturated heterocycles. The largest absolute Gasteiger partial charge is 0.356 e. The van der Waals surface area contributed by atoms with Gasteiger partial charge in [0.25, 0.3) is 0 Å². The van der Waals surface area contributed by atoms with Gasteiger partial charge in [0, 0.05) is 44.3 Å². The van der Waals surface area contributed by atoms with Crippen LogP contribution >= 0.6 is 24.0 Å². The molecule has 0 aliphatic carbocycles. The number of benzene rings is 1. The van der Waals surface area contributed by atoms with Crippen molar-refractivity contribution in [2.24, 2.45) is 4.99 Å². The quantitative estimate of drug-likeness (QED) is 0.332. The van der Waals surface area contributed by atoms with Gasteiger partial charge >= 0.3 is 0 Å². The highest BCUT2D eigenvalue weighted by Crippen LogP contribution is 2.32. The van der Waals surface area contributed by atoms with E-state index >= 15 is 0 Å². The summed E-state index contributed by atoms with van der Waals surface area (Å²) in [5.74, 6) is 0.963. The zero-order valence-electron chi connectivity index (χ0n) is 18.6. The van der Waals surface area contributed by atoms with E-state index in [1.54, 1.807) is 0 Å². The van der Waals surface area contributed by atoms with Gasteiger partial charge in [0.15, 0.2) is 5.96 Å². The Labute approximate surface area is 194 Å². The van der Waals surface area contributed by atoms with Crippen LogP contribution in [0.3, 0.4) is 0 Å². The molecular formula is C23H40IN5. The van der Waals surface area contributed by atoms with Gasteiger partial charge in [0.1, 0.15) is 0 Å². The molecule has 1 aromatic rings. The summed E-state index contributed by atoms with van der Waals surface area (Å²) >= 11 is 0. The van der Waals surface area contributed by atoms with Crippen LogP contribution in [0.5, 0.6) is 0 Å². The Morgan fingerprint density at radius 1 is 1.21 bits per heavy atom. The summed E-state index contributed by atoms with van der Waals surface area (Å²) in [6, 6.07) is 13.3. The number of halogens is 1. The predicted octanol–water partition coefficient (Wildman–Crippen LogP) is 3.70. The van der Waals surface area contributed by atoms with Crippen molar-refractivity contribution in [2.75, 3.05) is 27.7 Å². The summed E-state index contributed by atoms with van der Waals surface area (Å²) in [5.41, 5.74) is 1.37. The highest BCUT2D eigenvalue weighted by molar-refractivity contribution is 14.0. The first kappa shape index (κ1) is 24.4. The Balaban J connectivity index is 0.00000300. The summed E-state index contributed by atoms with van der Waals surface area (Å²) in [7, 11) is 6.41. The number of aliphatic imine (C=N–C) groups is 1. The Kier molecular flexibility index (Phi) is 10.2. The predicted molar refractivity (Wildman–Crippen MR) is 134 cm³/mol. The van der Waals surface area contributed by atoms with Crippen LogP contribution in [-0.4, -0.2) is 67.6 Å². The van der Waals surface area contributed by atoms with E-state index in [4.69, 9.17) is 0 Å². The van der Waals surface area contributed by atoms with Gasteiger partial charge in [-0.25, -0.2) is 0 Å². The molecule has 2 fully saturated rings. The van der Waals surface area contributed by atoms with Gasteiger partial charge in [0.2, 0.25) is 0 Å². The lowest BCUT2D eigenvalue weighted by molar-refractivity contribution is 0.0526. The summed E-state index contributed by atoms with van der Waals surface area (Å²) in [5, 5.41) is 7.24. The number of guanidine groups is 1. The Bertz CT molecular complexity index is 609. The number of rotatable bonds is 7. The summed E-state index contributed by atoms with van der Waals surface area (Å²) in [6.07, 6.45) is 7.68. The number of piperidine rings is 2. The van der Waals surface area contributed by atoms with E-state index < -0.39 is 0 Å². The van der Waals surface area contributed by atoms with Gasteiger partial charge in [-0.05, 0) is 58.7 Å². The molecule has 5 nitrogen and oxygen atoms in total. The molecule has 2 N–H and O–H groups in total. The fraction of sp³-hybridized carbons (Fsp3) is 0.696. The molecule has 3 atom stereocenters. The number of hydrogen-bond donors (Lipinski definition) is 2. The molecule has 0 radical (unpaired) electrons. The lowest BCUT2D eigenvalue weighted by Crippen LogP contribution is -2.56. The molecule has 2 bridgehead atoms. The molecule has 3 rings (SSSR count). The molecule has 3 unspecified atom stereocenters. The van der Waals surface area contributed by atoms with E-state index in [9.17, 15) is 0 Å². The van der Waals surface area contributed by atoms with Crippen molar-refractivity contribution in [3.05, 3.63) is 35.9 Å². The fourth-order valence-corrected chi connectivity index (χ4v) is 4.77. The normalized spacial score (nSPS) is 26.0. The number of hydrogen-bond acceptors (Lipinski definition) is 3. The van der Waals surface area contributed by atoms with Gasteiger partial charge in [-0.1, -0.05) is 36.8 Å². The zero-order chi connectivity index (χ0) is 19.9. The van der Waals surface area contributed by atoms with Crippen molar-refractivity contribution in [3.63, 3.8) is 0 Å². The zero-order valence-corrected chi connectivity index (χ0v) is 20.9. The second-order valence-corrected chi connectivity index (χ2v) is 8.75. The molecule has 0 amide bonds. The minimum atomic E-state index is 0. The summed E-state index contributed by atoms with van der Waals surface area (Å²) < 4.78 is 0. The highest BCUT2D eigenvalue weighted by atomic mass is 127. The Morgan fingerprint density at radius 3 is 2.48 bits per heavy atom. The van der Waals surface area contributed by atoms with Crippen LogP contribution < -0.4 is 10.6 Å². The first-order chi connectivity index (χ1) is 13.6. The van der Waals surface area contributed by atoms with Gasteiger partial charge in [0.05, 0.1) is 0 Å². The number of nitrogens with zero attached hydrogens (tertiary/aromatic N) is 3. The van der Waals surface area contributed by atoms with Crippen LogP contribution in [0.15, 0.2) is 35.3 Å². The lowest BCUT2D eigenvalue weighted by atomic mass is 9.82. The maximum Gasteiger partial charge on any atom is 0.191 e. The molecule has 29 heavy (non-hydrogen) atoms. The Morgan fingerprint density at radius 2 is 1.86 bits per heavy atom. The maximum atomic E-state index is 4.47. The molecule has 6 heteroatoms. The summed E-state index contributed by atoms with van der Waals surface area (Å²) in [4.78, 5) is 9.51. The first-order valence-electron chi connectivity index (χ1n) is 11.0. The van der Waals surface area contributed by atoms with Crippen LogP contribution in [0.1, 0.15) is 51.0 Å². The van der Waals surface area contributed by atoms with Crippen LogP contribution in [0.25, 0.3) is 0 Å². The molecule has 0 saturated carbocycles. The molecule has 164 valence electrons. The Hall–Kier alpha value is -0.860. The minimum absolute atomic E-state index is 0. The molecule has 2 aliphatic rings. The van der Waals surface area contributed by atoms with Crippen molar-refractivity contribution in [2.45, 2.75) is 76.2 Å². The van der Waals surface area contributed by atoms with Crippen molar-refractivity contribution in [3.8, 4) is 0 Å². The smallest absolute Gasteiger partial charge is 0.191 e. The average molecular weight is 514 g/mol. The second kappa shape index (κ2) is 12.1. The second-order valence-electron chi connectivity index (χ2n) is 8.75. The van der Waals surface area contributed by atoms with Gasteiger partial charge in [-0.3, -0.25) is 9.89 Å². The molecule has 1 aromatic carbocycles. The van der Waals surface area contributed by atoms with E-state index in [1.807, 2.05) is 7.05 Å². The van der Waals surface area contributed by atoms with E-state index in [2.05, 4.69) is 76.8 Å². The topological polar surface area (TPSA) is 42.9 Å². The molecule has 0 aromatic heterocycles.